The molecule has 1 N–H and O–H groups in total. The van der Waals surface area contributed by atoms with Crippen LogP contribution in [0.25, 0.3) is 0 Å². The van der Waals surface area contributed by atoms with Crippen molar-refractivity contribution in [2.45, 2.75) is 13.8 Å². The molecule has 88 valence electrons. The number of pyridine rings is 1. The zero-order valence-electron chi connectivity index (χ0n) is 9.38. The van der Waals surface area contributed by atoms with Crippen molar-refractivity contribution in [2.75, 3.05) is 24.6 Å². The summed E-state index contributed by atoms with van der Waals surface area (Å²) in [5.74, 6) is 0.683. The molecule has 16 heavy (non-hydrogen) atoms. The van der Waals surface area contributed by atoms with Gasteiger partial charge in [-0.2, -0.15) is 0 Å². The first-order chi connectivity index (χ1) is 7.60. The normalized spacial score (nSPS) is 10.2. The minimum absolute atomic E-state index is 0.0127. The molecular weight excluding hydrogens is 210 g/mol. The van der Waals surface area contributed by atoms with Gasteiger partial charge in [-0.1, -0.05) is 0 Å². The Morgan fingerprint density at radius 3 is 2.75 bits per heavy atom. The zero-order valence-corrected chi connectivity index (χ0v) is 9.38. The van der Waals surface area contributed by atoms with E-state index >= 15 is 0 Å². The van der Waals surface area contributed by atoms with Gasteiger partial charge in [-0.15, -0.1) is 0 Å². The van der Waals surface area contributed by atoms with Crippen molar-refractivity contribution in [1.82, 2.24) is 4.98 Å². The van der Waals surface area contributed by atoms with Crippen LogP contribution < -0.4 is 4.90 Å². The second-order valence-corrected chi connectivity index (χ2v) is 3.39. The van der Waals surface area contributed by atoms with E-state index in [0.29, 0.717) is 18.9 Å². The van der Waals surface area contributed by atoms with Crippen molar-refractivity contribution < 1.29 is 10.0 Å². The number of aryl methyl sites for hydroxylation is 1. The molecule has 0 unspecified atom stereocenters. The Morgan fingerprint density at radius 1 is 1.62 bits per heavy atom. The molecule has 1 aromatic heterocycles. The van der Waals surface area contributed by atoms with Crippen molar-refractivity contribution in [1.29, 1.82) is 0 Å². The first-order valence-electron chi connectivity index (χ1n) is 5.07. The summed E-state index contributed by atoms with van der Waals surface area (Å²) in [6.07, 6.45) is 1.24. The van der Waals surface area contributed by atoms with Gasteiger partial charge in [-0.05, 0) is 19.4 Å². The van der Waals surface area contributed by atoms with E-state index in [1.807, 2.05) is 11.8 Å². The summed E-state index contributed by atoms with van der Waals surface area (Å²) >= 11 is 0. The number of rotatable bonds is 5. The van der Waals surface area contributed by atoms with Crippen molar-refractivity contribution in [2.24, 2.45) is 0 Å². The molecule has 0 saturated carbocycles. The molecule has 0 fully saturated rings. The third-order valence-electron chi connectivity index (χ3n) is 2.30. The average molecular weight is 225 g/mol. The Balaban J connectivity index is 3.01. The molecule has 0 aliphatic heterocycles. The molecular formula is C10H15N3O3. The summed E-state index contributed by atoms with van der Waals surface area (Å²) in [5, 5.41) is 19.4. The number of nitro groups is 1. The van der Waals surface area contributed by atoms with Gasteiger partial charge < -0.3 is 10.0 Å². The van der Waals surface area contributed by atoms with E-state index in [4.69, 9.17) is 5.11 Å². The number of aromatic nitrogens is 1. The summed E-state index contributed by atoms with van der Waals surface area (Å²) in [4.78, 5) is 16.0. The maximum absolute atomic E-state index is 10.5. The summed E-state index contributed by atoms with van der Waals surface area (Å²) in [6.45, 7) is 4.92. The van der Waals surface area contributed by atoms with Crippen LogP contribution in [-0.2, 0) is 0 Å². The molecule has 0 spiro atoms. The van der Waals surface area contributed by atoms with Gasteiger partial charge in [-0.25, -0.2) is 4.98 Å². The lowest BCUT2D eigenvalue weighted by Crippen LogP contribution is -2.27. The lowest BCUT2D eigenvalue weighted by molar-refractivity contribution is -0.385. The molecule has 0 bridgehead atoms. The summed E-state index contributed by atoms with van der Waals surface area (Å²) < 4.78 is 0. The number of hydrogen-bond donors (Lipinski definition) is 1. The number of hydrogen-bond acceptors (Lipinski definition) is 5. The molecule has 6 heteroatoms. The van der Waals surface area contributed by atoms with Crippen LogP contribution in [0, 0.1) is 17.0 Å². The highest BCUT2D eigenvalue weighted by atomic mass is 16.6. The van der Waals surface area contributed by atoms with Gasteiger partial charge in [0.25, 0.3) is 5.69 Å². The minimum Gasteiger partial charge on any atom is -0.395 e. The first kappa shape index (κ1) is 12.4. The third kappa shape index (κ3) is 2.66. The van der Waals surface area contributed by atoms with E-state index in [1.54, 1.807) is 6.92 Å². The van der Waals surface area contributed by atoms with Gasteiger partial charge in [0.1, 0.15) is 12.0 Å². The van der Waals surface area contributed by atoms with Gasteiger partial charge in [0.2, 0.25) is 0 Å². The largest absolute Gasteiger partial charge is 0.395 e. The second-order valence-electron chi connectivity index (χ2n) is 3.39. The Labute approximate surface area is 93.7 Å². The Bertz CT molecular complexity index is 382. The van der Waals surface area contributed by atoms with Crippen molar-refractivity contribution in [3.63, 3.8) is 0 Å². The fraction of sp³-hybridized carbons (Fsp3) is 0.500. The van der Waals surface area contributed by atoms with Crippen LogP contribution in [-0.4, -0.2) is 34.7 Å². The molecule has 0 aromatic carbocycles. The summed E-state index contributed by atoms with van der Waals surface area (Å²) in [6, 6.07) is 1.49. The van der Waals surface area contributed by atoms with Crippen LogP contribution in [0.3, 0.4) is 0 Å². The smallest absolute Gasteiger partial charge is 0.287 e. The summed E-state index contributed by atoms with van der Waals surface area (Å²) in [7, 11) is 0. The molecule has 0 amide bonds. The van der Waals surface area contributed by atoms with Crippen molar-refractivity contribution >= 4 is 11.5 Å². The predicted octanol–water partition coefficient (Wildman–Crippen LogP) is 1.12. The fourth-order valence-corrected chi connectivity index (χ4v) is 1.52. The topological polar surface area (TPSA) is 79.5 Å². The zero-order chi connectivity index (χ0) is 12.1. The maximum Gasteiger partial charge on any atom is 0.287 e. The summed E-state index contributed by atoms with van der Waals surface area (Å²) in [5.41, 5.74) is 0.728. The number of aliphatic hydroxyl groups is 1. The molecule has 1 rings (SSSR count). The van der Waals surface area contributed by atoms with E-state index in [2.05, 4.69) is 4.98 Å². The highest BCUT2D eigenvalue weighted by Gasteiger charge is 2.13. The Kier molecular flexibility index (Phi) is 4.19. The van der Waals surface area contributed by atoms with Crippen LogP contribution in [0.2, 0.25) is 0 Å². The number of anilines is 1. The van der Waals surface area contributed by atoms with Crippen LogP contribution in [0.1, 0.15) is 12.5 Å². The van der Waals surface area contributed by atoms with Gasteiger partial charge in [0.05, 0.1) is 11.5 Å². The standard InChI is InChI=1S/C10H15N3O3/c1-3-12(4-5-14)10-8(2)6-9(7-11-10)13(15)16/h6-7,14H,3-5H2,1-2H3. The lowest BCUT2D eigenvalue weighted by Gasteiger charge is -2.22. The second kappa shape index (κ2) is 5.41. The number of aliphatic hydroxyl groups excluding tert-OH is 1. The van der Waals surface area contributed by atoms with Crippen LogP contribution >= 0.6 is 0 Å². The van der Waals surface area contributed by atoms with E-state index in [0.717, 1.165) is 5.56 Å². The molecule has 1 aromatic rings. The van der Waals surface area contributed by atoms with Gasteiger partial charge in [0, 0.05) is 19.2 Å². The molecule has 0 aliphatic rings. The molecule has 1 heterocycles. The Hall–Kier alpha value is -1.69. The van der Waals surface area contributed by atoms with E-state index < -0.39 is 4.92 Å². The molecule has 0 radical (unpaired) electrons. The van der Waals surface area contributed by atoms with Crippen LogP contribution in [0.15, 0.2) is 12.3 Å². The number of likely N-dealkylation sites (N-methyl/N-ethyl adjacent to an activating group) is 1. The van der Waals surface area contributed by atoms with Gasteiger partial charge in [0.15, 0.2) is 0 Å². The fourth-order valence-electron chi connectivity index (χ4n) is 1.52. The van der Waals surface area contributed by atoms with Gasteiger partial charge in [-0.3, -0.25) is 10.1 Å². The molecule has 6 nitrogen and oxygen atoms in total. The minimum atomic E-state index is -0.466. The van der Waals surface area contributed by atoms with Crippen molar-refractivity contribution in [3.8, 4) is 0 Å². The molecule has 0 atom stereocenters. The highest BCUT2D eigenvalue weighted by molar-refractivity contribution is 5.50. The lowest BCUT2D eigenvalue weighted by atomic mass is 10.2. The quantitative estimate of drug-likeness (QED) is 0.600. The monoisotopic (exact) mass is 225 g/mol. The highest BCUT2D eigenvalue weighted by Crippen LogP contribution is 2.21. The van der Waals surface area contributed by atoms with Crippen molar-refractivity contribution in [3.05, 3.63) is 27.9 Å². The molecule has 0 saturated heterocycles. The SMILES string of the molecule is CCN(CCO)c1ncc([N+](=O)[O-])cc1C. The Morgan fingerprint density at radius 2 is 2.31 bits per heavy atom. The maximum atomic E-state index is 10.5. The molecule has 0 aliphatic carbocycles. The third-order valence-corrected chi connectivity index (χ3v) is 2.30. The van der Waals surface area contributed by atoms with Crippen LogP contribution in [0.4, 0.5) is 11.5 Å². The predicted molar refractivity (Wildman–Crippen MR) is 60.6 cm³/mol. The first-order valence-corrected chi connectivity index (χ1v) is 5.07. The van der Waals surface area contributed by atoms with E-state index in [-0.39, 0.29) is 12.3 Å². The van der Waals surface area contributed by atoms with Crippen LogP contribution in [0.5, 0.6) is 0 Å². The number of nitrogens with zero attached hydrogens (tertiary/aromatic N) is 3. The van der Waals surface area contributed by atoms with E-state index in [9.17, 15) is 10.1 Å². The average Bonchev–Trinajstić information content (AvgIpc) is 2.26. The van der Waals surface area contributed by atoms with Gasteiger partial charge >= 0.3 is 0 Å². The van der Waals surface area contributed by atoms with E-state index in [1.165, 1.54) is 12.3 Å².